The van der Waals surface area contributed by atoms with Gasteiger partial charge in [0.05, 0.1) is 13.2 Å². The zero-order valence-electron chi connectivity index (χ0n) is 12.3. The summed E-state index contributed by atoms with van der Waals surface area (Å²) in [6.07, 6.45) is 1.54. The number of rotatable bonds is 4. The minimum Gasteiger partial charge on any atom is -0.490 e. The second-order valence-corrected chi connectivity index (χ2v) is 5.09. The number of fused-ring (bicyclic) bond motifs is 1. The first-order valence-corrected chi connectivity index (χ1v) is 7.16. The highest BCUT2D eigenvalue weighted by atomic mass is 16.5. The van der Waals surface area contributed by atoms with Crippen LogP contribution in [0, 0.1) is 0 Å². The molecule has 8 heteroatoms. The third kappa shape index (κ3) is 2.41. The fourth-order valence-corrected chi connectivity index (χ4v) is 2.87. The molecule has 1 aromatic rings. The number of ether oxygens (including phenoxy) is 1. The summed E-state index contributed by atoms with van der Waals surface area (Å²) in [5.74, 6) is 2.14. The summed E-state index contributed by atoms with van der Waals surface area (Å²) in [7, 11) is 1.62. The molecule has 21 heavy (non-hydrogen) atoms. The van der Waals surface area contributed by atoms with E-state index in [0.717, 1.165) is 25.5 Å². The molecule has 2 aliphatic heterocycles. The zero-order chi connectivity index (χ0) is 14.8. The first kappa shape index (κ1) is 13.7. The molecule has 0 radical (unpaired) electrons. The van der Waals surface area contributed by atoms with Crippen LogP contribution in [0.4, 0.5) is 16.4 Å². The number of aromatic nitrogens is 2. The fourth-order valence-electron chi connectivity index (χ4n) is 2.87. The Labute approximate surface area is 123 Å². The van der Waals surface area contributed by atoms with E-state index in [9.17, 15) is 4.79 Å². The average Bonchev–Trinajstić information content (AvgIpc) is 2.88. The number of hydrogen-bond acceptors (Lipinski definition) is 6. The average molecular weight is 292 g/mol. The van der Waals surface area contributed by atoms with Crippen LogP contribution in [0.3, 0.4) is 0 Å². The van der Waals surface area contributed by atoms with E-state index in [4.69, 9.17) is 4.74 Å². The van der Waals surface area contributed by atoms with E-state index in [1.165, 1.54) is 0 Å². The molecule has 0 aliphatic carbocycles. The second kappa shape index (κ2) is 5.63. The number of anilines is 2. The van der Waals surface area contributed by atoms with E-state index >= 15 is 0 Å². The van der Waals surface area contributed by atoms with E-state index in [2.05, 4.69) is 25.5 Å². The van der Waals surface area contributed by atoms with Crippen LogP contribution in [-0.4, -0.2) is 66.8 Å². The molecule has 2 saturated heterocycles. The Morgan fingerprint density at radius 1 is 1.48 bits per heavy atom. The van der Waals surface area contributed by atoms with E-state index in [0.29, 0.717) is 24.7 Å². The molecule has 2 amide bonds. The topological polar surface area (TPSA) is 82.6 Å². The molecule has 0 bridgehead atoms. The van der Waals surface area contributed by atoms with Crippen molar-refractivity contribution in [1.29, 1.82) is 0 Å². The molecule has 2 fully saturated rings. The van der Waals surface area contributed by atoms with Gasteiger partial charge in [-0.3, -0.25) is 0 Å². The molecule has 0 spiro atoms. The van der Waals surface area contributed by atoms with Crippen molar-refractivity contribution in [2.45, 2.75) is 13.0 Å². The Bertz CT molecular complexity index is 537. The molecule has 3 rings (SSSR count). The molecule has 2 aliphatic rings. The number of urea groups is 1. The van der Waals surface area contributed by atoms with Crippen LogP contribution in [0.2, 0.25) is 0 Å². The number of nitrogens with one attached hydrogen (secondary N) is 2. The predicted octanol–water partition coefficient (Wildman–Crippen LogP) is 0.131. The lowest BCUT2D eigenvalue weighted by Crippen LogP contribution is -2.52. The molecular weight excluding hydrogens is 272 g/mol. The lowest BCUT2D eigenvalue weighted by molar-refractivity contribution is 0.197. The molecule has 1 unspecified atom stereocenters. The predicted molar refractivity (Wildman–Crippen MR) is 78.9 cm³/mol. The van der Waals surface area contributed by atoms with Crippen molar-refractivity contribution in [2.24, 2.45) is 0 Å². The molecule has 8 nitrogen and oxygen atoms in total. The lowest BCUT2D eigenvalue weighted by atomic mass is 10.2. The van der Waals surface area contributed by atoms with Crippen molar-refractivity contribution in [3.63, 3.8) is 0 Å². The van der Waals surface area contributed by atoms with Gasteiger partial charge in [-0.25, -0.2) is 14.8 Å². The van der Waals surface area contributed by atoms with Crippen LogP contribution in [0.15, 0.2) is 6.33 Å². The highest BCUT2D eigenvalue weighted by Gasteiger charge is 2.36. The minimum absolute atomic E-state index is 0.0302. The molecule has 0 saturated carbocycles. The van der Waals surface area contributed by atoms with Crippen LogP contribution >= 0.6 is 0 Å². The third-order valence-electron chi connectivity index (χ3n) is 3.87. The van der Waals surface area contributed by atoms with Crippen LogP contribution in [0.1, 0.15) is 6.92 Å². The van der Waals surface area contributed by atoms with Gasteiger partial charge >= 0.3 is 6.03 Å². The number of hydrogen-bond donors (Lipinski definition) is 2. The summed E-state index contributed by atoms with van der Waals surface area (Å²) in [5, 5.41) is 6.06. The van der Waals surface area contributed by atoms with E-state index < -0.39 is 0 Å². The van der Waals surface area contributed by atoms with Gasteiger partial charge < -0.3 is 25.2 Å². The largest absolute Gasteiger partial charge is 0.490 e. The molecule has 114 valence electrons. The standard InChI is InChI=1S/C13H20N6O2/c1-3-14-11-10(21-2)12(17-8-16-11)18-4-5-19-9(7-18)6-15-13(19)20/h8-9H,3-7H2,1-2H3,(H,15,20)(H,14,16,17). The van der Waals surface area contributed by atoms with Gasteiger partial charge in [0.25, 0.3) is 0 Å². The Kier molecular flexibility index (Phi) is 3.68. The normalized spacial score (nSPS) is 21.0. The quantitative estimate of drug-likeness (QED) is 0.821. The highest BCUT2D eigenvalue weighted by molar-refractivity contribution is 5.77. The van der Waals surface area contributed by atoms with E-state index in [-0.39, 0.29) is 12.1 Å². The number of amides is 2. The lowest BCUT2D eigenvalue weighted by Gasteiger charge is -2.37. The second-order valence-electron chi connectivity index (χ2n) is 5.09. The van der Waals surface area contributed by atoms with Crippen LogP contribution in [0.25, 0.3) is 0 Å². The zero-order valence-corrected chi connectivity index (χ0v) is 12.3. The summed E-state index contributed by atoms with van der Waals surface area (Å²) in [4.78, 5) is 24.3. The number of piperazine rings is 1. The summed E-state index contributed by atoms with van der Waals surface area (Å²) >= 11 is 0. The van der Waals surface area contributed by atoms with Gasteiger partial charge in [0.1, 0.15) is 6.33 Å². The maximum Gasteiger partial charge on any atom is 0.317 e. The molecule has 1 aromatic heterocycles. The van der Waals surface area contributed by atoms with Crippen molar-refractivity contribution in [1.82, 2.24) is 20.2 Å². The number of methoxy groups -OCH3 is 1. The number of carbonyl (C=O) groups is 1. The van der Waals surface area contributed by atoms with E-state index in [1.807, 2.05) is 11.8 Å². The van der Waals surface area contributed by atoms with Crippen LogP contribution < -0.4 is 20.3 Å². The Balaban J connectivity index is 1.84. The van der Waals surface area contributed by atoms with Gasteiger partial charge in [-0.1, -0.05) is 0 Å². The maximum absolute atomic E-state index is 11.7. The van der Waals surface area contributed by atoms with Gasteiger partial charge in [0, 0.05) is 32.7 Å². The summed E-state index contributed by atoms with van der Waals surface area (Å²) < 4.78 is 5.49. The van der Waals surface area contributed by atoms with Gasteiger partial charge in [0.2, 0.25) is 5.75 Å². The summed E-state index contributed by atoms with van der Waals surface area (Å²) in [6, 6.07) is 0.219. The number of nitrogens with zero attached hydrogens (tertiary/aromatic N) is 4. The molecule has 3 heterocycles. The van der Waals surface area contributed by atoms with Gasteiger partial charge in [0.15, 0.2) is 11.6 Å². The summed E-state index contributed by atoms with van der Waals surface area (Å²) in [6.45, 7) is 5.64. The van der Waals surface area contributed by atoms with Crippen molar-refractivity contribution >= 4 is 17.7 Å². The molecule has 0 aromatic carbocycles. The SMILES string of the molecule is CCNc1ncnc(N2CCN3C(=O)NCC3C2)c1OC. The van der Waals surface area contributed by atoms with Crippen LogP contribution in [-0.2, 0) is 0 Å². The molecule has 2 N–H and O–H groups in total. The third-order valence-corrected chi connectivity index (χ3v) is 3.87. The van der Waals surface area contributed by atoms with Gasteiger partial charge in [-0.05, 0) is 6.92 Å². The van der Waals surface area contributed by atoms with E-state index in [1.54, 1.807) is 13.4 Å². The monoisotopic (exact) mass is 292 g/mol. The smallest absolute Gasteiger partial charge is 0.317 e. The van der Waals surface area contributed by atoms with Gasteiger partial charge in [-0.2, -0.15) is 0 Å². The molecule has 1 atom stereocenters. The fraction of sp³-hybridized carbons (Fsp3) is 0.615. The van der Waals surface area contributed by atoms with Crippen molar-refractivity contribution in [3.8, 4) is 5.75 Å². The Morgan fingerprint density at radius 2 is 2.33 bits per heavy atom. The number of carbonyl (C=O) groups excluding carboxylic acids is 1. The summed E-state index contributed by atoms with van der Waals surface area (Å²) in [5.41, 5.74) is 0. The Morgan fingerprint density at radius 3 is 3.10 bits per heavy atom. The molecular formula is C13H20N6O2. The van der Waals surface area contributed by atoms with Crippen molar-refractivity contribution in [3.05, 3.63) is 6.33 Å². The maximum atomic E-state index is 11.7. The highest BCUT2D eigenvalue weighted by Crippen LogP contribution is 2.33. The minimum atomic E-state index is 0.0302. The van der Waals surface area contributed by atoms with Crippen LogP contribution in [0.5, 0.6) is 5.75 Å². The van der Waals surface area contributed by atoms with Crippen molar-refractivity contribution < 1.29 is 9.53 Å². The Hall–Kier alpha value is -2.25. The first-order valence-electron chi connectivity index (χ1n) is 7.16. The van der Waals surface area contributed by atoms with Gasteiger partial charge in [-0.15, -0.1) is 0 Å². The first-order chi connectivity index (χ1) is 10.2. The van der Waals surface area contributed by atoms with Crippen molar-refractivity contribution in [2.75, 3.05) is 50.1 Å².